The summed E-state index contributed by atoms with van der Waals surface area (Å²) in [6, 6.07) is 2.52. The van der Waals surface area contributed by atoms with Crippen LogP contribution in [0, 0.1) is 13.8 Å². The summed E-state index contributed by atoms with van der Waals surface area (Å²) in [6.45, 7) is 6.16. The molecule has 0 aromatic carbocycles. The first kappa shape index (κ1) is 18.4. The number of aromatic nitrogens is 1. The van der Waals surface area contributed by atoms with Crippen molar-refractivity contribution in [1.29, 1.82) is 0 Å². The van der Waals surface area contributed by atoms with Crippen LogP contribution in [0.5, 0.6) is 0 Å². The number of nitrogens with one attached hydrogen (secondary N) is 1. The van der Waals surface area contributed by atoms with Gasteiger partial charge in [-0.2, -0.15) is 11.8 Å². The van der Waals surface area contributed by atoms with Gasteiger partial charge in [-0.25, -0.2) is 0 Å². The third-order valence-electron chi connectivity index (χ3n) is 4.75. The molecule has 4 nitrogen and oxygen atoms in total. The molecule has 130 valence electrons. The van der Waals surface area contributed by atoms with Crippen molar-refractivity contribution in [1.82, 2.24) is 9.88 Å². The fourth-order valence-corrected chi connectivity index (χ4v) is 4.36. The molecule has 5 heteroatoms. The summed E-state index contributed by atoms with van der Waals surface area (Å²) in [6.07, 6.45) is 8.25. The van der Waals surface area contributed by atoms with E-state index in [1.807, 2.05) is 19.2 Å². The minimum atomic E-state index is -0.871. The molecule has 0 saturated heterocycles. The van der Waals surface area contributed by atoms with Crippen LogP contribution in [0.2, 0.25) is 0 Å². The zero-order chi connectivity index (χ0) is 17.0. The second-order valence-corrected chi connectivity index (χ2v) is 7.93. The van der Waals surface area contributed by atoms with Crippen LogP contribution in [0.3, 0.4) is 0 Å². The van der Waals surface area contributed by atoms with Gasteiger partial charge in [-0.3, -0.25) is 4.79 Å². The molecule has 1 aliphatic carbocycles. The van der Waals surface area contributed by atoms with Crippen molar-refractivity contribution in [3.05, 3.63) is 23.0 Å². The Kier molecular flexibility index (Phi) is 6.20. The fraction of sp³-hybridized carbons (Fsp3) is 0.722. The molecule has 0 spiro atoms. The summed E-state index contributed by atoms with van der Waals surface area (Å²) in [5.74, 6) is 0.524. The number of carbonyl (C=O) groups is 1. The van der Waals surface area contributed by atoms with Crippen molar-refractivity contribution in [3.8, 4) is 0 Å². The van der Waals surface area contributed by atoms with Gasteiger partial charge in [0.15, 0.2) is 0 Å². The van der Waals surface area contributed by atoms with Gasteiger partial charge in [0, 0.05) is 29.7 Å². The van der Waals surface area contributed by atoms with Gasteiger partial charge in [-0.15, -0.1) is 0 Å². The lowest BCUT2D eigenvalue weighted by molar-refractivity contribution is 0.0724. The maximum absolute atomic E-state index is 12.5. The molecule has 1 aromatic heterocycles. The number of aryl methyl sites for hydroxylation is 1. The Balaban J connectivity index is 2.09. The maximum atomic E-state index is 12.5. The van der Waals surface area contributed by atoms with Crippen LogP contribution in [0.15, 0.2) is 6.07 Å². The van der Waals surface area contributed by atoms with Crippen LogP contribution >= 0.6 is 11.8 Å². The predicted octanol–water partition coefficient (Wildman–Crippen LogP) is 3.45. The van der Waals surface area contributed by atoms with Gasteiger partial charge >= 0.3 is 0 Å². The topological polar surface area (TPSA) is 54.3 Å². The number of hydrogen-bond acceptors (Lipinski definition) is 3. The van der Waals surface area contributed by atoms with Crippen molar-refractivity contribution in [2.75, 3.05) is 18.6 Å². The fourth-order valence-electron chi connectivity index (χ4n) is 3.64. The van der Waals surface area contributed by atoms with E-state index >= 15 is 0 Å². The first-order valence-corrected chi connectivity index (χ1v) is 9.93. The Morgan fingerprint density at radius 1 is 1.39 bits per heavy atom. The highest BCUT2D eigenvalue weighted by atomic mass is 32.2. The molecule has 1 saturated carbocycles. The standard InChI is InChI=1S/C18H30N2O2S/c1-13-10-16(17(21)19-11-18(3,22)12-23-4)14(2)20(13)15-8-6-5-7-9-15/h10,15,22H,5-9,11-12H2,1-4H3,(H,19,21). The van der Waals surface area contributed by atoms with Gasteiger partial charge in [-0.1, -0.05) is 19.3 Å². The highest BCUT2D eigenvalue weighted by Gasteiger charge is 2.25. The lowest BCUT2D eigenvalue weighted by Crippen LogP contribution is -2.42. The number of thioether (sulfide) groups is 1. The second-order valence-electron chi connectivity index (χ2n) is 7.06. The van der Waals surface area contributed by atoms with Crippen LogP contribution < -0.4 is 5.32 Å². The average molecular weight is 339 g/mol. The molecular formula is C18H30N2O2S. The summed E-state index contributed by atoms with van der Waals surface area (Å²) in [7, 11) is 0. The van der Waals surface area contributed by atoms with Gasteiger partial charge in [0.1, 0.15) is 0 Å². The third kappa shape index (κ3) is 4.54. The van der Waals surface area contributed by atoms with Gasteiger partial charge < -0.3 is 15.0 Å². The second kappa shape index (κ2) is 7.75. The number of aliphatic hydroxyl groups is 1. The Bertz CT molecular complexity index is 545. The molecule has 23 heavy (non-hydrogen) atoms. The number of rotatable bonds is 6. The van der Waals surface area contributed by atoms with Crippen LogP contribution in [-0.2, 0) is 0 Å². The van der Waals surface area contributed by atoms with E-state index < -0.39 is 5.60 Å². The van der Waals surface area contributed by atoms with E-state index in [-0.39, 0.29) is 12.5 Å². The highest BCUT2D eigenvalue weighted by molar-refractivity contribution is 7.98. The number of amides is 1. The molecular weight excluding hydrogens is 308 g/mol. The van der Waals surface area contributed by atoms with Crippen molar-refractivity contribution in [2.45, 2.75) is 64.5 Å². The van der Waals surface area contributed by atoms with Crippen LogP contribution in [0.25, 0.3) is 0 Å². The third-order valence-corrected chi connectivity index (χ3v) is 5.66. The minimum Gasteiger partial charge on any atom is -0.387 e. The van der Waals surface area contributed by atoms with Crippen LogP contribution in [0.4, 0.5) is 0 Å². The Hall–Kier alpha value is -0.940. The summed E-state index contributed by atoms with van der Waals surface area (Å²) >= 11 is 1.58. The lowest BCUT2D eigenvalue weighted by atomic mass is 9.95. The minimum absolute atomic E-state index is 0.0819. The van der Waals surface area contributed by atoms with E-state index in [0.29, 0.717) is 11.8 Å². The monoisotopic (exact) mass is 338 g/mol. The molecule has 1 heterocycles. The normalized spacial score (nSPS) is 18.7. The largest absolute Gasteiger partial charge is 0.387 e. The van der Waals surface area contributed by atoms with Crippen molar-refractivity contribution < 1.29 is 9.90 Å². The summed E-state index contributed by atoms with van der Waals surface area (Å²) in [5, 5.41) is 13.1. The zero-order valence-electron chi connectivity index (χ0n) is 14.8. The molecule has 1 unspecified atom stereocenters. The quantitative estimate of drug-likeness (QED) is 0.835. The first-order chi connectivity index (χ1) is 10.9. The van der Waals surface area contributed by atoms with Crippen LogP contribution in [-0.4, -0.2) is 39.7 Å². The Labute approximate surface area is 144 Å². The smallest absolute Gasteiger partial charge is 0.253 e. The van der Waals surface area contributed by atoms with E-state index in [0.717, 1.165) is 17.0 Å². The molecule has 1 atom stereocenters. The Morgan fingerprint density at radius 2 is 2.04 bits per heavy atom. The number of carbonyl (C=O) groups excluding carboxylic acids is 1. The SMILES string of the molecule is CSCC(C)(O)CNC(=O)c1cc(C)n(C2CCCCC2)c1C. The predicted molar refractivity (Wildman–Crippen MR) is 97.4 cm³/mol. The summed E-state index contributed by atoms with van der Waals surface area (Å²) < 4.78 is 2.34. The first-order valence-electron chi connectivity index (χ1n) is 8.53. The number of hydrogen-bond donors (Lipinski definition) is 2. The molecule has 0 bridgehead atoms. The molecule has 2 N–H and O–H groups in total. The van der Waals surface area contributed by atoms with Gasteiger partial charge in [0.2, 0.25) is 0 Å². The van der Waals surface area contributed by atoms with Gasteiger partial charge in [-0.05, 0) is 45.9 Å². The molecule has 1 aromatic rings. The zero-order valence-corrected chi connectivity index (χ0v) is 15.6. The summed E-state index contributed by atoms with van der Waals surface area (Å²) in [5.41, 5.74) is 2.09. The average Bonchev–Trinajstić information content (AvgIpc) is 2.81. The van der Waals surface area contributed by atoms with Crippen molar-refractivity contribution >= 4 is 17.7 Å². The van der Waals surface area contributed by atoms with E-state index in [2.05, 4.69) is 16.8 Å². The van der Waals surface area contributed by atoms with E-state index in [4.69, 9.17) is 0 Å². The van der Waals surface area contributed by atoms with Crippen LogP contribution in [0.1, 0.15) is 66.8 Å². The molecule has 0 aliphatic heterocycles. The molecule has 0 radical (unpaired) electrons. The number of nitrogens with zero attached hydrogens (tertiary/aromatic N) is 1. The highest BCUT2D eigenvalue weighted by Crippen LogP contribution is 2.32. The van der Waals surface area contributed by atoms with Crippen molar-refractivity contribution in [3.63, 3.8) is 0 Å². The molecule has 2 rings (SSSR count). The summed E-state index contributed by atoms with van der Waals surface area (Å²) in [4.78, 5) is 12.5. The molecule has 1 fully saturated rings. The molecule has 1 amide bonds. The van der Waals surface area contributed by atoms with E-state index in [1.54, 1.807) is 18.7 Å². The van der Waals surface area contributed by atoms with Gasteiger partial charge in [0.05, 0.1) is 11.2 Å². The van der Waals surface area contributed by atoms with E-state index in [9.17, 15) is 9.90 Å². The van der Waals surface area contributed by atoms with Crippen molar-refractivity contribution in [2.24, 2.45) is 0 Å². The maximum Gasteiger partial charge on any atom is 0.253 e. The lowest BCUT2D eigenvalue weighted by Gasteiger charge is -2.26. The van der Waals surface area contributed by atoms with E-state index in [1.165, 1.54) is 32.1 Å². The molecule has 1 aliphatic rings. The van der Waals surface area contributed by atoms with Gasteiger partial charge in [0.25, 0.3) is 5.91 Å². The Morgan fingerprint density at radius 3 is 2.65 bits per heavy atom.